The first-order valence-corrected chi connectivity index (χ1v) is 6.77. The molecule has 2 saturated heterocycles. The highest BCUT2D eigenvalue weighted by atomic mass is 19.1. The molecule has 0 saturated carbocycles. The van der Waals surface area contributed by atoms with Gasteiger partial charge in [0, 0.05) is 37.1 Å². The molecule has 3 nitrogen and oxygen atoms in total. The highest BCUT2D eigenvalue weighted by Gasteiger charge is 2.29. The quantitative estimate of drug-likeness (QED) is 0.773. The Kier molecular flexibility index (Phi) is 3.12. The van der Waals surface area contributed by atoms with Gasteiger partial charge in [-0.1, -0.05) is 6.42 Å². The molecule has 2 aliphatic heterocycles. The number of halogens is 1. The number of fused-ring (bicyclic) bond motifs is 1. The van der Waals surface area contributed by atoms with Gasteiger partial charge in [-0.2, -0.15) is 0 Å². The molecule has 98 valence electrons. The third-order valence-electron chi connectivity index (χ3n) is 4.11. The minimum Gasteiger partial charge on any atom is -0.399 e. The van der Waals surface area contributed by atoms with Crippen molar-refractivity contribution in [3.8, 4) is 0 Å². The smallest absolute Gasteiger partial charge is 0.127 e. The highest BCUT2D eigenvalue weighted by Crippen LogP contribution is 2.26. The Balaban J connectivity index is 1.76. The maximum absolute atomic E-state index is 13.4. The summed E-state index contributed by atoms with van der Waals surface area (Å²) in [6.07, 6.45) is 3.91. The van der Waals surface area contributed by atoms with Crippen LogP contribution in [0, 0.1) is 5.82 Å². The zero-order chi connectivity index (χ0) is 12.5. The molecule has 4 heteroatoms. The summed E-state index contributed by atoms with van der Waals surface area (Å²) in [4.78, 5) is 4.84. The van der Waals surface area contributed by atoms with E-state index in [1.165, 1.54) is 31.9 Å². The van der Waals surface area contributed by atoms with E-state index in [1.807, 2.05) is 6.07 Å². The van der Waals surface area contributed by atoms with E-state index < -0.39 is 0 Å². The van der Waals surface area contributed by atoms with E-state index in [2.05, 4.69) is 9.80 Å². The van der Waals surface area contributed by atoms with Crippen LogP contribution in [-0.2, 0) is 0 Å². The lowest BCUT2D eigenvalue weighted by Gasteiger charge is -2.45. The van der Waals surface area contributed by atoms with E-state index in [0.717, 1.165) is 25.3 Å². The van der Waals surface area contributed by atoms with Crippen molar-refractivity contribution in [2.45, 2.75) is 25.3 Å². The number of rotatable bonds is 1. The molecular formula is C14H20FN3. The molecule has 1 unspecified atom stereocenters. The fourth-order valence-corrected chi connectivity index (χ4v) is 3.17. The van der Waals surface area contributed by atoms with Crippen LogP contribution in [0.4, 0.5) is 15.8 Å². The fraction of sp³-hybridized carbons (Fsp3) is 0.571. The average Bonchev–Trinajstić information content (AvgIpc) is 2.37. The van der Waals surface area contributed by atoms with Crippen LogP contribution in [0.15, 0.2) is 18.2 Å². The monoisotopic (exact) mass is 249 g/mol. The van der Waals surface area contributed by atoms with Crippen LogP contribution < -0.4 is 10.6 Å². The lowest BCUT2D eigenvalue weighted by atomic mass is 9.99. The summed E-state index contributed by atoms with van der Waals surface area (Å²) < 4.78 is 13.4. The molecule has 0 aliphatic carbocycles. The Morgan fingerprint density at radius 2 is 2.00 bits per heavy atom. The second-order valence-corrected chi connectivity index (χ2v) is 5.37. The van der Waals surface area contributed by atoms with Crippen molar-refractivity contribution in [2.24, 2.45) is 0 Å². The van der Waals surface area contributed by atoms with Gasteiger partial charge in [-0.15, -0.1) is 0 Å². The van der Waals surface area contributed by atoms with Crippen molar-refractivity contribution in [1.82, 2.24) is 4.90 Å². The summed E-state index contributed by atoms with van der Waals surface area (Å²) in [5.41, 5.74) is 7.16. The van der Waals surface area contributed by atoms with E-state index in [0.29, 0.717) is 11.7 Å². The Morgan fingerprint density at radius 1 is 1.11 bits per heavy atom. The van der Waals surface area contributed by atoms with E-state index in [-0.39, 0.29) is 5.82 Å². The van der Waals surface area contributed by atoms with Gasteiger partial charge in [0.1, 0.15) is 5.82 Å². The van der Waals surface area contributed by atoms with E-state index in [1.54, 1.807) is 6.07 Å². The first kappa shape index (κ1) is 11.8. The van der Waals surface area contributed by atoms with Crippen LogP contribution in [0.1, 0.15) is 19.3 Å². The van der Waals surface area contributed by atoms with Crippen molar-refractivity contribution in [3.63, 3.8) is 0 Å². The Bertz CT molecular complexity index is 415. The summed E-state index contributed by atoms with van der Waals surface area (Å²) in [7, 11) is 0. The van der Waals surface area contributed by atoms with Gasteiger partial charge >= 0.3 is 0 Å². The first-order valence-electron chi connectivity index (χ1n) is 6.77. The van der Waals surface area contributed by atoms with Crippen LogP contribution in [0.3, 0.4) is 0 Å². The van der Waals surface area contributed by atoms with Crippen molar-refractivity contribution in [1.29, 1.82) is 0 Å². The van der Waals surface area contributed by atoms with Gasteiger partial charge in [-0.3, -0.25) is 4.90 Å². The predicted octanol–water partition coefficient (Wildman–Crippen LogP) is 2.08. The lowest BCUT2D eigenvalue weighted by molar-refractivity contribution is 0.133. The molecule has 1 atom stereocenters. The topological polar surface area (TPSA) is 32.5 Å². The number of piperazine rings is 1. The maximum Gasteiger partial charge on any atom is 0.127 e. The van der Waals surface area contributed by atoms with Gasteiger partial charge in [0.25, 0.3) is 0 Å². The molecular weight excluding hydrogens is 229 g/mol. The summed E-state index contributed by atoms with van der Waals surface area (Å²) >= 11 is 0. The normalized spacial score (nSPS) is 24.9. The average molecular weight is 249 g/mol. The third kappa shape index (κ3) is 2.29. The molecule has 1 aromatic carbocycles. The zero-order valence-corrected chi connectivity index (χ0v) is 10.6. The second-order valence-electron chi connectivity index (χ2n) is 5.37. The van der Waals surface area contributed by atoms with Crippen molar-refractivity contribution < 1.29 is 4.39 Å². The molecule has 2 aliphatic rings. The molecule has 1 aromatic rings. The summed E-state index contributed by atoms with van der Waals surface area (Å²) in [6, 6.07) is 5.48. The number of nitrogens with two attached hydrogens (primary N) is 1. The van der Waals surface area contributed by atoms with Gasteiger partial charge in [-0.05, 0) is 37.6 Å². The molecule has 3 rings (SSSR count). The van der Waals surface area contributed by atoms with E-state index >= 15 is 0 Å². The molecule has 2 N–H and O–H groups in total. The SMILES string of the molecule is Nc1cc(F)cc(N2CCN3CCCCC3C2)c1. The van der Waals surface area contributed by atoms with Crippen LogP contribution in [-0.4, -0.2) is 37.1 Å². The second kappa shape index (κ2) is 4.76. The molecule has 2 heterocycles. The number of hydrogen-bond acceptors (Lipinski definition) is 3. The molecule has 18 heavy (non-hydrogen) atoms. The highest BCUT2D eigenvalue weighted by molar-refractivity contribution is 5.56. The van der Waals surface area contributed by atoms with Crippen molar-refractivity contribution in [2.75, 3.05) is 36.8 Å². The number of nitrogens with zero attached hydrogens (tertiary/aromatic N) is 2. The molecule has 0 radical (unpaired) electrons. The van der Waals surface area contributed by atoms with Crippen molar-refractivity contribution in [3.05, 3.63) is 24.0 Å². The first-order chi connectivity index (χ1) is 8.72. The van der Waals surface area contributed by atoms with Gasteiger partial charge in [-0.25, -0.2) is 4.39 Å². The fourth-order valence-electron chi connectivity index (χ4n) is 3.17. The Hall–Kier alpha value is -1.29. The zero-order valence-electron chi connectivity index (χ0n) is 10.6. The van der Waals surface area contributed by atoms with Crippen LogP contribution >= 0.6 is 0 Å². The molecule has 0 aromatic heterocycles. The van der Waals surface area contributed by atoms with Crippen LogP contribution in [0.2, 0.25) is 0 Å². The summed E-state index contributed by atoms with van der Waals surface area (Å²) in [5.74, 6) is -0.240. The Labute approximate surface area is 107 Å². The molecule has 2 fully saturated rings. The minimum absolute atomic E-state index is 0.240. The number of anilines is 2. The predicted molar refractivity (Wildman–Crippen MR) is 72.2 cm³/mol. The lowest BCUT2D eigenvalue weighted by Crippen LogP contribution is -2.54. The summed E-state index contributed by atoms with van der Waals surface area (Å²) in [6.45, 7) is 4.28. The largest absolute Gasteiger partial charge is 0.399 e. The Morgan fingerprint density at radius 3 is 2.83 bits per heavy atom. The van der Waals surface area contributed by atoms with Crippen molar-refractivity contribution >= 4 is 11.4 Å². The van der Waals surface area contributed by atoms with Gasteiger partial charge in [0.2, 0.25) is 0 Å². The van der Waals surface area contributed by atoms with Crippen LogP contribution in [0.25, 0.3) is 0 Å². The number of nitrogen functional groups attached to an aromatic ring is 1. The van der Waals surface area contributed by atoms with Crippen LogP contribution in [0.5, 0.6) is 0 Å². The van der Waals surface area contributed by atoms with Gasteiger partial charge < -0.3 is 10.6 Å². The standard InChI is InChI=1S/C14H20FN3/c15-11-7-12(16)9-14(8-11)18-6-5-17-4-2-1-3-13(17)10-18/h7-9,13H,1-6,10,16H2. The summed E-state index contributed by atoms with van der Waals surface area (Å²) in [5, 5.41) is 0. The molecule has 0 bridgehead atoms. The molecule has 0 spiro atoms. The minimum atomic E-state index is -0.240. The van der Waals surface area contributed by atoms with Gasteiger partial charge in [0.15, 0.2) is 0 Å². The van der Waals surface area contributed by atoms with E-state index in [9.17, 15) is 4.39 Å². The van der Waals surface area contributed by atoms with E-state index in [4.69, 9.17) is 5.73 Å². The number of piperidine rings is 1. The third-order valence-corrected chi connectivity index (χ3v) is 4.11. The number of hydrogen-bond donors (Lipinski definition) is 1. The maximum atomic E-state index is 13.4. The number of benzene rings is 1. The van der Waals surface area contributed by atoms with Gasteiger partial charge in [0.05, 0.1) is 0 Å². The molecule has 0 amide bonds.